The zero-order valence-corrected chi connectivity index (χ0v) is 23.9. The summed E-state index contributed by atoms with van der Waals surface area (Å²) in [5.41, 5.74) is 2.45. The molecule has 0 bridgehead atoms. The fourth-order valence-electron chi connectivity index (χ4n) is 4.72. The van der Waals surface area contributed by atoms with Crippen molar-refractivity contribution in [1.82, 2.24) is 10.2 Å². The average molecular weight is 517 g/mol. The number of allylic oxidation sites excluding steroid dienone is 1. The van der Waals surface area contributed by atoms with Crippen molar-refractivity contribution in [3.05, 3.63) is 47.2 Å². The van der Waals surface area contributed by atoms with Gasteiger partial charge in [0.1, 0.15) is 0 Å². The number of methoxy groups -OCH3 is 1. The van der Waals surface area contributed by atoms with Crippen LogP contribution in [0.2, 0.25) is 18.1 Å². The summed E-state index contributed by atoms with van der Waals surface area (Å²) >= 11 is 0. The number of carbonyl (C=O) groups excluding carboxylic acids is 2. The Morgan fingerprint density at radius 2 is 1.83 bits per heavy atom. The van der Waals surface area contributed by atoms with Gasteiger partial charge in [0.05, 0.1) is 25.3 Å². The molecule has 2 aliphatic heterocycles. The Balaban J connectivity index is 1.56. The van der Waals surface area contributed by atoms with E-state index in [1.807, 2.05) is 35.2 Å². The topological polar surface area (TPSA) is 77.1 Å². The molecule has 2 amide bonds. The number of rotatable bonds is 12. The summed E-state index contributed by atoms with van der Waals surface area (Å²) in [5.74, 6) is -0.349. The van der Waals surface area contributed by atoms with Gasteiger partial charge in [0, 0.05) is 25.0 Å². The molecule has 1 aromatic rings. The Bertz CT molecular complexity index is 926. The summed E-state index contributed by atoms with van der Waals surface area (Å²) in [4.78, 5) is 27.7. The van der Waals surface area contributed by atoms with E-state index in [4.69, 9.17) is 13.9 Å². The van der Waals surface area contributed by atoms with Crippen LogP contribution in [-0.4, -0.2) is 57.6 Å². The van der Waals surface area contributed by atoms with Gasteiger partial charge in [-0.15, -0.1) is 0 Å². The van der Waals surface area contributed by atoms with Gasteiger partial charge in [-0.3, -0.25) is 0 Å². The molecule has 0 aromatic heterocycles. The SMILES string of the molecule is COC(=O)C1=C(CCCCO[Si](C)(C)C(C)(C)C)NC(=O)N2C(CCOCc3ccccc3)CCC12. The molecule has 200 valence electrons. The number of amides is 2. The van der Waals surface area contributed by atoms with Gasteiger partial charge >= 0.3 is 12.0 Å². The first-order valence-corrected chi connectivity index (χ1v) is 16.1. The molecule has 3 rings (SSSR count). The lowest BCUT2D eigenvalue weighted by Crippen LogP contribution is -2.53. The third-order valence-electron chi connectivity index (χ3n) is 7.86. The summed E-state index contributed by atoms with van der Waals surface area (Å²) in [6.45, 7) is 13.0. The van der Waals surface area contributed by atoms with Crippen LogP contribution in [0.1, 0.15) is 64.9 Å². The maximum absolute atomic E-state index is 13.1. The minimum Gasteiger partial charge on any atom is -0.466 e. The van der Waals surface area contributed by atoms with E-state index in [0.29, 0.717) is 37.5 Å². The number of esters is 1. The molecule has 0 saturated carbocycles. The number of ether oxygens (including phenoxy) is 2. The Kier molecular flexibility index (Phi) is 9.77. The Labute approximate surface area is 217 Å². The molecular weight excluding hydrogens is 472 g/mol. The predicted octanol–water partition coefficient (Wildman–Crippen LogP) is 5.77. The summed E-state index contributed by atoms with van der Waals surface area (Å²) in [5, 5.41) is 3.20. The van der Waals surface area contributed by atoms with Crippen LogP contribution in [0.25, 0.3) is 0 Å². The monoisotopic (exact) mass is 516 g/mol. The van der Waals surface area contributed by atoms with Gasteiger partial charge in [0.2, 0.25) is 0 Å². The van der Waals surface area contributed by atoms with E-state index >= 15 is 0 Å². The van der Waals surface area contributed by atoms with Gasteiger partial charge in [-0.05, 0) is 62.2 Å². The van der Waals surface area contributed by atoms with E-state index in [-0.39, 0.29) is 29.1 Å². The molecule has 0 radical (unpaired) electrons. The van der Waals surface area contributed by atoms with Crippen molar-refractivity contribution in [3.63, 3.8) is 0 Å². The summed E-state index contributed by atoms with van der Waals surface area (Å²) < 4.78 is 17.3. The molecule has 2 unspecified atom stereocenters. The summed E-state index contributed by atoms with van der Waals surface area (Å²) in [7, 11) is -0.367. The van der Waals surface area contributed by atoms with Gasteiger partial charge in [-0.25, -0.2) is 9.59 Å². The van der Waals surface area contributed by atoms with Crippen LogP contribution >= 0.6 is 0 Å². The highest BCUT2D eigenvalue weighted by Gasteiger charge is 2.45. The molecule has 36 heavy (non-hydrogen) atoms. The van der Waals surface area contributed by atoms with Gasteiger partial charge in [-0.2, -0.15) is 0 Å². The second-order valence-corrected chi connectivity index (χ2v) is 16.2. The number of hydrogen-bond donors (Lipinski definition) is 1. The molecule has 2 atom stereocenters. The first kappa shape index (κ1) is 28.4. The molecule has 1 aromatic carbocycles. The molecule has 7 nitrogen and oxygen atoms in total. The lowest BCUT2D eigenvalue weighted by molar-refractivity contribution is -0.136. The normalized spacial score (nSPS) is 20.4. The molecule has 2 heterocycles. The molecule has 8 heteroatoms. The van der Waals surface area contributed by atoms with Crippen molar-refractivity contribution in [2.24, 2.45) is 0 Å². The minimum absolute atomic E-state index is 0.0463. The highest BCUT2D eigenvalue weighted by molar-refractivity contribution is 6.74. The van der Waals surface area contributed by atoms with Crippen molar-refractivity contribution < 1.29 is 23.5 Å². The quantitative estimate of drug-likeness (QED) is 0.217. The van der Waals surface area contributed by atoms with E-state index in [1.165, 1.54) is 7.11 Å². The molecule has 1 fully saturated rings. The first-order valence-electron chi connectivity index (χ1n) is 13.2. The highest BCUT2D eigenvalue weighted by atomic mass is 28.4. The second kappa shape index (κ2) is 12.4. The maximum Gasteiger partial charge on any atom is 0.337 e. The Morgan fingerprint density at radius 3 is 2.50 bits per heavy atom. The van der Waals surface area contributed by atoms with Gasteiger partial charge < -0.3 is 24.1 Å². The van der Waals surface area contributed by atoms with Crippen molar-refractivity contribution in [1.29, 1.82) is 0 Å². The lowest BCUT2D eigenvalue weighted by atomic mass is 9.97. The van der Waals surface area contributed by atoms with E-state index < -0.39 is 8.32 Å². The highest BCUT2D eigenvalue weighted by Crippen LogP contribution is 2.38. The minimum atomic E-state index is -1.77. The third kappa shape index (κ3) is 6.98. The summed E-state index contributed by atoms with van der Waals surface area (Å²) in [6, 6.07) is 9.76. The Morgan fingerprint density at radius 1 is 1.11 bits per heavy atom. The molecule has 1 N–H and O–H groups in total. The van der Waals surface area contributed by atoms with Crippen LogP contribution in [0.5, 0.6) is 0 Å². The smallest absolute Gasteiger partial charge is 0.337 e. The van der Waals surface area contributed by atoms with Crippen molar-refractivity contribution in [2.75, 3.05) is 20.3 Å². The number of unbranched alkanes of at least 4 members (excludes halogenated alkanes) is 1. The molecule has 2 aliphatic rings. The number of benzene rings is 1. The Hall–Kier alpha value is -2.16. The van der Waals surface area contributed by atoms with E-state index in [1.54, 1.807) is 0 Å². The van der Waals surface area contributed by atoms with Crippen molar-refractivity contribution >= 4 is 20.3 Å². The largest absolute Gasteiger partial charge is 0.466 e. The van der Waals surface area contributed by atoms with Crippen LogP contribution in [0.3, 0.4) is 0 Å². The standard InChI is InChI=1S/C28H44N2O5Si/c1-28(2,3)36(5,6)35-18-11-10-14-23-25(26(31)33-4)24-16-15-22(30(24)27(32)29-23)17-19-34-20-21-12-8-7-9-13-21/h7-9,12-13,22,24H,10-11,14-20H2,1-6H3,(H,29,32). The number of nitrogens with one attached hydrogen (secondary N) is 1. The third-order valence-corrected chi connectivity index (χ3v) is 12.4. The predicted molar refractivity (Wildman–Crippen MR) is 144 cm³/mol. The molecular formula is C28H44N2O5Si. The maximum atomic E-state index is 13.1. The van der Waals surface area contributed by atoms with Crippen LogP contribution in [0.4, 0.5) is 4.79 Å². The lowest BCUT2D eigenvalue weighted by Gasteiger charge is -2.37. The fourth-order valence-corrected chi connectivity index (χ4v) is 5.80. The second-order valence-electron chi connectivity index (χ2n) is 11.4. The van der Waals surface area contributed by atoms with Crippen molar-refractivity contribution in [3.8, 4) is 0 Å². The van der Waals surface area contributed by atoms with E-state index in [0.717, 1.165) is 37.7 Å². The number of carbonyl (C=O) groups is 2. The van der Waals surface area contributed by atoms with Crippen LogP contribution in [0, 0.1) is 0 Å². The first-order chi connectivity index (χ1) is 17.0. The van der Waals surface area contributed by atoms with Crippen LogP contribution < -0.4 is 5.32 Å². The molecule has 1 saturated heterocycles. The molecule has 0 spiro atoms. The van der Waals surface area contributed by atoms with Gasteiger partial charge in [0.15, 0.2) is 8.32 Å². The number of urea groups is 1. The van der Waals surface area contributed by atoms with Crippen molar-refractivity contribution in [2.45, 2.75) is 96.1 Å². The number of hydrogen-bond acceptors (Lipinski definition) is 5. The van der Waals surface area contributed by atoms with Gasteiger partial charge in [-0.1, -0.05) is 51.1 Å². The van der Waals surface area contributed by atoms with Gasteiger partial charge in [0.25, 0.3) is 0 Å². The average Bonchev–Trinajstić information content (AvgIpc) is 3.25. The van der Waals surface area contributed by atoms with E-state index in [2.05, 4.69) is 39.2 Å². The zero-order chi connectivity index (χ0) is 26.3. The fraction of sp³-hybridized carbons (Fsp3) is 0.643. The van der Waals surface area contributed by atoms with Crippen LogP contribution in [-0.2, 0) is 25.3 Å². The van der Waals surface area contributed by atoms with Crippen LogP contribution in [0.15, 0.2) is 41.6 Å². The number of fused-ring (bicyclic) bond motifs is 1. The molecule has 0 aliphatic carbocycles. The van der Waals surface area contributed by atoms with E-state index in [9.17, 15) is 9.59 Å². The number of nitrogens with zero attached hydrogens (tertiary/aromatic N) is 1. The summed E-state index contributed by atoms with van der Waals surface area (Å²) in [6.07, 6.45) is 4.71. The zero-order valence-electron chi connectivity index (χ0n) is 22.9.